The molecule has 1 aromatic heterocycles. The molecule has 1 atom stereocenters. The third kappa shape index (κ3) is 7.95. The fourth-order valence-corrected chi connectivity index (χ4v) is 5.82. The van der Waals surface area contributed by atoms with E-state index in [2.05, 4.69) is 9.72 Å². The molecule has 0 spiro atoms. The maximum atomic E-state index is 13.3. The highest BCUT2D eigenvalue weighted by Crippen LogP contribution is 2.36. The van der Waals surface area contributed by atoms with Crippen LogP contribution in [0.2, 0.25) is 0 Å². The molecule has 3 fully saturated rings. The molecule has 5 rings (SSSR count). The van der Waals surface area contributed by atoms with Gasteiger partial charge in [-0.25, -0.2) is 9.78 Å². The summed E-state index contributed by atoms with van der Waals surface area (Å²) in [6.07, 6.45) is 7.44. The van der Waals surface area contributed by atoms with E-state index < -0.39 is 18.6 Å². The molecule has 1 aliphatic heterocycles. The zero-order valence-electron chi connectivity index (χ0n) is 25.3. The van der Waals surface area contributed by atoms with Gasteiger partial charge in [0.05, 0.1) is 12.3 Å². The third-order valence-corrected chi connectivity index (χ3v) is 8.57. The molecule has 2 amide bonds. The van der Waals surface area contributed by atoms with Crippen molar-refractivity contribution in [1.82, 2.24) is 14.8 Å². The quantitative estimate of drug-likeness (QED) is 0.337. The molecule has 0 N–H and O–H groups in total. The first-order chi connectivity index (χ1) is 21.2. The van der Waals surface area contributed by atoms with E-state index in [9.17, 15) is 23.2 Å². The Morgan fingerprint density at radius 3 is 2.50 bits per heavy atom. The number of amides is 2. The van der Waals surface area contributed by atoms with Crippen LogP contribution in [0.1, 0.15) is 68.1 Å². The number of nitrogens with zero attached hydrogens (tertiary/aromatic N) is 4. The predicted octanol–water partition coefficient (Wildman–Crippen LogP) is 4.66. The number of hydrogen-bond acceptors (Lipinski definition) is 8. The van der Waals surface area contributed by atoms with Crippen LogP contribution in [-0.4, -0.2) is 84.6 Å². The van der Waals surface area contributed by atoms with Crippen LogP contribution in [0, 0.1) is 5.92 Å². The van der Waals surface area contributed by atoms with Crippen LogP contribution in [0.3, 0.4) is 0 Å². The minimum Gasteiger partial charge on any atom is -0.489 e. The van der Waals surface area contributed by atoms with E-state index in [0.717, 1.165) is 38.5 Å². The van der Waals surface area contributed by atoms with Crippen molar-refractivity contribution in [2.24, 2.45) is 5.92 Å². The molecule has 44 heavy (non-hydrogen) atoms. The lowest BCUT2D eigenvalue weighted by atomic mass is 9.94. The number of rotatable bonds is 11. The normalized spacial score (nSPS) is 19.1. The van der Waals surface area contributed by atoms with Gasteiger partial charge >= 0.3 is 12.6 Å². The zero-order chi connectivity index (χ0) is 31.2. The number of ether oxygens (including phenoxy) is 3. The number of alkyl halides is 2. The van der Waals surface area contributed by atoms with Gasteiger partial charge in [-0.1, -0.05) is 25.3 Å². The molecule has 0 radical (unpaired) electrons. The monoisotopic (exact) mass is 614 g/mol. The number of pyridine rings is 1. The lowest BCUT2D eigenvalue weighted by Crippen LogP contribution is -2.58. The van der Waals surface area contributed by atoms with Crippen molar-refractivity contribution < 1.29 is 37.4 Å². The smallest absolute Gasteiger partial charge is 0.387 e. The molecule has 12 heteroatoms. The van der Waals surface area contributed by atoms with Crippen LogP contribution in [0.4, 0.5) is 14.5 Å². The average Bonchev–Trinajstić information content (AvgIpc) is 3.87. The van der Waals surface area contributed by atoms with Crippen LogP contribution in [0.15, 0.2) is 36.4 Å². The molecule has 1 unspecified atom stereocenters. The van der Waals surface area contributed by atoms with E-state index in [0.29, 0.717) is 36.1 Å². The zero-order valence-corrected chi connectivity index (χ0v) is 25.3. The lowest BCUT2D eigenvalue weighted by Gasteiger charge is -2.40. The Balaban J connectivity index is 1.25. The van der Waals surface area contributed by atoms with Gasteiger partial charge in [-0.2, -0.15) is 8.78 Å². The Labute approximate surface area is 256 Å². The molecule has 1 saturated heterocycles. The molecule has 3 aliphatic rings. The molecule has 0 bridgehead atoms. The molecular formula is C32H40F2N4O6. The maximum absolute atomic E-state index is 13.3. The Morgan fingerprint density at radius 1 is 1.02 bits per heavy atom. The fourth-order valence-electron chi connectivity index (χ4n) is 5.82. The molecule has 2 aliphatic carbocycles. The van der Waals surface area contributed by atoms with E-state index in [1.54, 1.807) is 42.3 Å². The number of halogens is 2. The second-order valence-corrected chi connectivity index (χ2v) is 11.8. The Hall–Kier alpha value is -3.96. The van der Waals surface area contributed by atoms with Gasteiger partial charge < -0.3 is 28.9 Å². The van der Waals surface area contributed by atoms with Gasteiger partial charge in [0, 0.05) is 51.4 Å². The topological polar surface area (TPSA) is 102 Å². The highest BCUT2D eigenvalue weighted by molar-refractivity contribution is 5.92. The average molecular weight is 615 g/mol. The summed E-state index contributed by atoms with van der Waals surface area (Å²) in [5.41, 5.74) is 1.36. The number of esters is 1. The van der Waals surface area contributed by atoms with Gasteiger partial charge in [0.25, 0.3) is 5.91 Å². The first-order valence-corrected chi connectivity index (χ1v) is 15.3. The molecule has 2 saturated carbocycles. The predicted molar refractivity (Wildman–Crippen MR) is 158 cm³/mol. The summed E-state index contributed by atoms with van der Waals surface area (Å²) in [4.78, 5) is 48.5. The van der Waals surface area contributed by atoms with Crippen molar-refractivity contribution in [1.29, 1.82) is 0 Å². The fraction of sp³-hybridized carbons (Fsp3) is 0.562. The van der Waals surface area contributed by atoms with Gasteiger partial charge in [0.2, 0.25) is 5.91 Å². The summed E-state index contributed by atoms with van der Waals surface area (Å²) >= 11 is 0. The summed E-state index contributed by atoms with van der Waals surface area (Å²) in [5, 5.41) is 0. The van der Waals surface area contributed by atoms with Crippen LogP contribution in [0.25, 0.3) is 0 Å². The number of carbonyl (C=O) groups is 3. The van der Waals surface area contributed by atoms with Crippen molar-refractivity contribution in [2.75, 3.05) is 38.2 Å². The molecule has 2 aromatic rings. The second kappa shape index (κ2) is 14.2. The first-order valence-electron chi connectivity index (χ1n) is 15.3. The Bertz CT molecular complexity index is 1330. The summed E-state index contributed by atoms with van der Waals surface area (Å²) in [5.74, 6) is -0.482. The molecule has 238 valence electrons. The van der Waals surface area contributed by atoms with Crippen molar-refractivity contribution in [3.05, 3.63) is 47.8 Å². The minimum absolute atomic E-state index is 0.0547. The van der Waals surface area contributed by atoms with E-state index in [1.807, 2.05) is 4.90 Å². The van der Waals surface area contributed by atoms with Crippen LogP contribution >= 0.6 is 0 Å². The Kier molecular flexibility index (Phi) is 10.2. The van der Waals surface area contributed by atoms with E-state index in [-0.39, 0.29) is 49.1 Å². The first kappa shape index (κ1) is 31.5. The summed E-state index contributed by atoms with van der Waals surface area (Å²) in [7, 11) is 1.81. The van der Waals surface area contributed by atoms with Crippen LogP contribution < -0.4 is 14.4 Å². The van der Waals surface area contributed by atoms with Crippen LogP contribution in [-0.2, 0) is 20.9 Å². The van der Waals surface area contributed by atoms with E-state index in [4.69, 9.17) is 9.47 Å². The molecule has 1 aromatic carbocycles. The van der Waals surface area contributed by atoms with Crippen LogP contribution in [0.5, 0.6) is 11.5 Å². The number of piperazine rings is 1. The van der Waals surface area contributed by atoms with Gasteiger partial charge in [-0.15, -0.1) is 0 Å². The SMILES string of the molecule is CC(=O)N1CCN(c2ccc(OC(F)F)c(OCC3CC3)c2)CC1C(=O)OCc1cccc(C(=O)N(C)C2CCCCC2)n1. The largest absolute Gasteiger partial charge is 0.489 e. The standard InChI is InChI=1S/C32H40F2N4O6/c1-21(39)38-16-15-37(25-13-14-28(44-32(33)34)29(17-25)42-19-22-11-12-22)18-27(38)31(41)43-20-23-7-6-10-26(35-23)30(40)36(2)24-8-4-3-5-9-24/h6-7,10,13-14,17,22,24,27,32H,3-5,8-9,11-12,15-16,18-20H2,1-2H3. The number of anilines is 1. The third-order valence-electron chi connectivity index (χ3n) is 8.57. The van der Waals surface area contributed by atoms with E-state index >= 15 is 0 Å². The highest BCUT2D eigenvalue weighted by atomic mass is 19.3. The van der Waals surface area contributed by atoms with Gasteiger partial charge in [0.15, 0.2) is 11.5 Å². The maximum Gasteiger partial charge on any atom is 0.387 e. The molecule has 10 nitrogen and oxygen atoms in total. The highest BCUT2D eigenvalue weighted by Gasteiger charge is 2.36. The minimum atomic E-state index is -2.99. The molecule has 2 heterocycles. The summed E-state index contributed by atoms with van der Waals surface area (Å²) < 4.78 is 42.1. The summed E-state index contributed by atoms with van der Waals surface area (Å²) in [6.45, 7) is -0.529. The number of hydrogen-bond donors (Lipinski definition) is 0. The van der Waals surface area contributed by atoms with Crippen molar-refractivity contribution in [3.8, 4) is 11.5 Å². The number of carbonyl (C=O) groups excluding carboxylic acids is 3. The van der Waals surface area contributed by atoms with Crippen molar-refractivity contribution in [2.45, 2.75) is 77.2 Å². The summed E-state index contributed by atoms with van der Waals surface area (Å²) in [6, 6.07) is 9.03. The Morgan fingerprint density at radius 2 is 1.80 bits per heavy atom. The van der Waals surface area contributed by atoms with Crippen molar-refractivity contribution >= 4 is 23.5 Å². The number of benzene rings is 1. The number of aromatic nitrogens is 1. The molecular weight excluding hydrogens is 574 g/mol. The second-order valence-electron chi connectivity index (χ2n) is 11.8. The van der Waals surface area contributed by atoms with Gasteiger partial charge in [-0.3, -0.25) is 9.59 Å². The van der Waals surface area contributed by atoms with Gasteiger partial charge in [0.1, 0.15) is 18.3 Å². The van der Waals surface area contributed by atoms with Gasteiger partial charge in [-0.05, 0) is 55.9 Å². The van der Waals surface area contributed by atoms with Crippen molar-refractivity contribution in [3.63, 3.8) is 0 Å². The lowest BCUT2D eigenvalue weighted by molar-refractivity contribution is -0.156. The van der Waals surface area contributed by atoms with E-state index in [1.165, 1.54) is 24.3 Å².